The van der Waals surface area contributed by atoms with E-state index in [1.54, 1.807) is 30.0 Å². The van der Waals surface area contributed by atoms with E-state index in [9.17, 15) is 4.79 Å². The second-order valence-corrected chi connectivity index (χ2v) is 7.49. The largest absolute Gasteiger partial charge is 0.420 e. The molecule has 0 saturated carbocycles. The zero-order chi connectivity index (χ0) is 21.7. The highest BCUT2D eigenvalue weighted by Crippen LogP contribution is 2.23. The summed E-state index contributed by atoms with van der Waals surface area (Å²) >= 11 is 0. The Hall–Kier alpha value is -3.48. The molecule has 2 aromatic heterocycles. The van der Waals surface area contributed by atoms with Crippen LogP contribution < -0.4 is 0 Å². The Morgan fingerprint density at radius 1 is 1.20 bits per heavy atom. The van der Waals surface area contributed by atoms with Gasteiger partial charge in [0.1, 0.15) is 5.69 Å². The molecule has 30 heavy (non-hydrogen) atoms. The number of hydrogen-bond donors (Lipinski definition) is 0. The molecule has 0 N–H and O–H groups in total. The summed E-state index contributed by atoms with van der Waals surface area (Å²) in [5.41, 5.74) is 3.01. The number of rotatable bonds is 9. The van der Waals surface area contributed by atoms with Gasteiger partial charge in [-0.2, -0.15) is 5.10 Å². The van der Waals surface area contributed by atoms with Crippen molar-refractivity contribution in [1.82, 2.24) is 24.9 Å². The van der Waals surface area contributed by atoms with Crippen LogP contribution in [0.15, 0.2) is 60.1 Å². The summed E-state index contributed by atoms with van der Waals surface area (Å²) in [5.74, 6) is 1.22. The highest BCUT2D eigenvalue weighted by atomic mass is 16.4. The zero-order valence-corrected chi connectivity index (χ0v) is 17.7. The Bertz CT molecular complexity index is 1040. The Morgan fingerprint density at radius 3 is 2.53 bits per heavy atom. The first-order chi connectivity index (χ1) is 14.4. The molecule has 1 aromatic carbocycles. The van der Waals surface area contributed by atoms with Crippen LogP contribution in [0.4, 0.5) is 0 Å². The molecule has 0 atom stereocenters. The predicted molar refractivity (Wildman–Crippen MR) is 116 cm³/mol. The summed E-state index contributed by atoms with van der Waals surface area (Å²) in [6, 6.07) is 9.41. The van der Waals surface area contributed by atoms with Gasteiger partial charge in [-0.25, -0.2) is 4.68 Å². The maximum atomic E-state index is 13.0. The third kappa shape index (κ3) is 4.74. The van der Waals surface area contributed by atoms with Crippen molar-refractivity contribution in [3.63, 3.8) is 0 Å². The standard InChI is InChI=1S/C23H27N5O2/c1-6-11-27(12-7-2)23(29)18-9-8-10-19(14-18)28-20(13-16(3)4)15-21(26-28)22-25-24-17(5)30-22/h6-10,14-16H,1-2,11-13H2,3-5H3. The number of aryl methyl sites for hydroxylation is 1. The van der Waals surface area contributed by atoms with Crippen molar-refractivity contribution >= 4 is 5.91 Å². The van der Waals surface area contributed by atoms with Gasteiger partial charge in [0, 0.05) is 31.3 Å². The minimum atomic E-state index is -0.0815. The van der Waals surface area contributed by atoms with Crippen molar-refractivity contribution in [2.75, 3.05) is 13.1 Å². The summed E-state index contributed by atoms with van der Waals surface area (Å²) in [5, 5.41) is 12.7. The van der Waals surface area contributed by atoms with Gasteiger partial charge in [0.2, 0.25) is 5.89 Å². The van der Waals surface area contributed by atoms with Crippen molar-refractivity contribution in [3.8, 4) is 17.3 Å². The van der Waals surface area contributed by atoms with Gasteiger partial charge in [-0.1, -0.05) is 32.1 Å². The molecule has 0 aliphatic heterocycles. The van der Waals surface area contributed by atoms with Gasteiger partial charge >= 0.3 is 0 Å². The molecule has 0 aliphatic rings. The van der Waals surface area contributed by atoms with Crippen LogP contribution in [0.3, 0.4) is 0 Å². The molecule has 1 amide bonds. The lowest BCUT2D eigenvalue weighted by Crippen LogP contribution is -2.31. The van der Waals surface area contributed by atoms with E-state index in [2.05, 4.69) is 37.2 Å². The fraction of sp³-hybridized carbons (Fsp3) is 0.304. The molecule has 3 aromatic rings. The van der Waals surface area contributed by atoms with Gasteiger partial charge in [0.25, 0.3) is 11.8 Å². The number of carbonyl (C=O) groups is 1. The second-order valence-electron chi connectivity index (χ2n) is 7.49. The van der Waals surface area contributed by atoms with Crippen LogP contribution in [0.2, 0.25) is 0 Å². The SMILES string of the molecule is C=CCN(CC=C)C(=O)c1cccc(-n2nc(-c3nnc(C)o3)cc2CC(C)C)c1. The molecule has 7 nitrogen and oxygen atoms in total. The van der Waals surface area contributed by atoms with Gasteiger partial charge in [-0.15, -0.1) is 23.4 Å². The van der Waals surface area contributed by atoms with E-state index in [-0.39, 0.29) is 5.91 Å². The van der Waals surface area contributed by atoms with E-state index >= 15 is 0 Å². The Kier molecular flexibility index (Phi) is 6.61. The lowest BCUT2D eigenvalue weighted by molar-refractivity contribution is 0.0791. The first-order valence-electron chi connectivity index (χ1n) is 9.93. The highest BCUT2D eigenvalue weighted by molar-refractivity contribution is 5.95. The molecular formula is C23H27N5O2. The Labute approximate surface area is 176 Å². The van der Waals surface area contributed by atoms with Crippen LogP contribution in [0.1, 0.15) is 35.8 Å². The first kappa shape index (κ1) is 21.2. The average molecular weight is 406 g/mol. The van der Waals surface area contributed by atoms with E-state index in [1.807, 2.05) is 28.9 Å². The van der Waals surface area contributed by atoms with Crippen molar-refractivity contribution < 1.29 is 9.21 Å². The zero-order valence-electron chi connectivity index (χ0n) is 17.7. The third-order valence-electron chi connectivity index (χ3n) is 4.47. The fourth-order valence-electron chi connectivity index (χ4n) is 3.22. The van der Waals surface area contributed by atoms with Gasteiger partial charge < -0.3 is 9.32 Å². The van der Waals surface area contributed by atoms with E-state index in [4.69, 9.17) is 9.52 Å². The molecule has 2 heterocycles. The van der Waals surface area contributed by atoms with Gasteiger partial charge in [0.15, 0.2) is 0 Å². The molecule has 0 saturated heterocycles. The summed E-state index contributed by atoms with van der Waals surface area (Å²) < 4.78 is 7.39. The minimum absolute atomic E-state index is 0.0815. The Morgan fingerprint density at radius 2 is 1.93 bits per heavy atom. The van der Waals surface area contributed by atoms with Crippen molar-refractivity contribution in [2.24, 2.45) is 5.92 Å². The lowest BCUT2D eigenvalue weighted by Gasteiger charge is -2.19. The third-order valence-corrected chi connectivity index (χ3v) is 4.47. The maximum absolute atomic E-state index is 13.0. The molecule has 7 heteroatoms. The topological polar surface area (TPSA) is 77.1 Å². The number of aromatic nitrogens is 4. The van der Waals surface area contributed by atoms with Gasteiger partial charge in [-0.3, -0.25) is 4.79 Å². The second kappa shape index (κ2) is 9.35. The molecule has 156 valence electrons. The minimum Gasteiger partial charge on any atom is -0.420 e. The molecule has 0 aliphatic carbocycles. The molecule has 0 fully saturated rings. The monoisotopic (exact) mass is 405 g/mol. The summed E-state index contributed by atoms with van der Waals surface area (Å²) in [6.07, 6.45) is 4.23. The summed E-state index contributed by atoms with van der Waals surface area (Å²) in [6.45, 7) is 14.4. The average Bonchev–Trinajstić information content (AvgIpc) is 3.33. The molecular weight excluding hydrogens is 378 g/mol. The molecule has 0 spiro atoms. The first-order valence-corrected chi connectivity index (χ1v) is 9.93. The number of nitrogens with zero attached hydrogens (tertiary/aromatic N) is 5. The van der Waals surface area contributed by atoms with Crippen LogP contribution in [-0.4, -0.2) is 43.9 Å². The van der Waals surface area contributed by atoms with E-state index < -0.39 is 0 Å². The van der Waals surface area contributed by atoms with E-state index in [1.165, 1.54) is 0 Å². The maximum Gasteiger partial charge on any atom is 0.268 e. The van der Waals surface area contributed by atoms with Crippen molar-refractivity contribution in [3.05, 3.63) is 72.8 Å². The fourth-order valence-corrected chi connectivity index (χ4v) is 3.22. The van der Waals surface area contributed by atoms with Crippen LogP contribution in [-0.2, 0) is 6.42 Å². The van der Waals surface area contributed by atoms with Gasteiger partial charge in [0.05, 0.1) is 5.69 Å². The molecule has 0 unspecified atom stereocenters. The normalized spacial score (nSPS) is 10.9. The number of carbonyl (C=O) groups excluding carboxylic acids is 1. The highest BCUT2D eigenvalue weighted by Gasteiger charge is 2.18. The molecule has 3 rings (SSSR count). The number of benzene rings is 1. The van der Waals surface area contributed by atoms with Crippen molar-refractivity contribution in [1.29, 1.82) is 0 Å². The van der Waals surface area contributed by atoms with Crippen LogP contribution in [0.5, 0.6) is 0 Å². The number of amides is 1. The smallest absolute Gasteiger partial charge is 0.268 e. The van der Waals surface area contributed by atoms with Crippen LogP contribution in [0.25, 0.3) is 17.3 Å². The van der Waals surface area contributed by atoms with Crippen LogP contribution in [0, 0.1) is 12.8 Å². The molecule has 0 radical (unpaired) electrons. The summed E-state index contributed by atoms with van der Waals surface area (Å²) in [7, 11) is 0. The summed E-state index contributed by atoms with van der Waals surface area (Å²) in [4.78, 5) is 14.7. The number of hydrogen-bond acceptors (Lipinski definition) is 5. The Balaban J connectivity index is 2.01. The van der Waals surface area contributed by atoms with E-state index in [0.29, 0.717) is 42.0 Å². The lowest BCUT2D eigenvalue weighted by atomic mass is 10.1. The predicted octanol–water partition coefficient (Wildman–Crippen LogP) is 4.24. The van der Waals surface area contributed by atoms with Crippen molar-refractivity contribution in [2.45, 2.75) is 27.2 Å². The van der Waals surface area contributed by atoms with E-state index in [0.717, 1.165) is 17.8 Å². The quantitative estimate of drug-likeness (QED) is 0.498. The van der Waals surface area contributed by atoms with Crippen LogP contribution >= 0.6 is 0 Å². The molecule has 0 bridgehead atoms. The van der Waals surface area contributed by atoms with Gasteiger partial charge in [-0.05, 0) is 36.6 Å².